The molecule has 0 spiro atoms. The van der Waals surface area contributed by atoms with Gasteiger partial charge in [-0.25, -0.2) is 9.97 Å². The highest BCUT2D eigenvalue weighted by Crippen LogP contribution is 2.22. The molecule has 1 aliphatic rings. The third kappa shape index (κ3) is 3.20. The summed E-state index contributed by atoms with van der Waals surface area (Å²) in [5.41, 5.74) is 7.95. The Hall–Kier alpha value is -2.98. The number of fused-ring (bicyclic) bond motifs is 1. The van der Waals surface area contributed by atoms with Crippen LogP contribution in [0.2, 0.25) is 0 Å². The molecule has 5 heterocycles. The Morgan fingerprint density at radius 2 is 2.04 bits per heavy atom. The van der Waals surface area contributed by atoms with Gasteiger partial charge < -0.3 is 15.1 Å². The summed E-state index contributed by atoms with van der Waals surface area (Å²) in [6.07, 6.45) is 1.60. The number of rotatable bonds is 4. The maximum absolute atomic E-state index is 6.14. The fourth-order valence-electron chi connectivity index (χ4n) is 3.42. The Labute approximate surface area is 165 Å². The van der Waals surface area contributed by atoms with Crippen molar-refractivity contribution in [2.24, 2.45) is 0 Å². The van der Waals surface area contributed by atoms with E-state index in [1.54, 1.807) is 28.2 Å². The third-order valence-electron chi connectivity index (χ3n) is 4.83. The molecule has 0 amide bonds. The van der Waals surface area contributed by atoms with Gasteiger partial charge in [-0.1, -0.05) is 0 Å². The van der Waals surface area contributed by atoms with E-state index in [0.717, 1.165) is 49.2 Å². The number of hydrogen-bond acceptors (Lipinski definition) is 9. The van der Waals surface area contributed by atoms with E-state index >= 15 is 0 Å². The molecule has 9 nitrogen and oxygen atoms in total. The average molecular weight is 396 g/mol. The Kier molecular flexibility index (Phi) is 4.21. The van der Waals surface area contributed by atoms with Gasteiger partial charge in [0, 0.05) is 44.2 Å². The van der Waals surface area contributed by atoms with E-state index in [4.69, 9.17) is 10.2 Å². The number of anilines is 2. The SMILES string of the molecule is Cc1nc(CN2CCN(c3cc4nc(-c5ccco5)nn4c(N)n3)CC2)cs1. The van der Waals surface area contributed by atoms with Gasteiger partial charge in [0.2, 0.25) is 11.8 Å². The summed E-state index contributed by atoms with van der Waals surface area (Å²) in [5.74, 6) is 2.25. The van der Waals surface area contributed by atoms with Crippen LogP contribution in [-0.2, 0) is 6.54 Å². The summed E-state index contributed by atoms with van der Waals surface area (Å²) in [5, 5.41) is 7.65. The molecule has 0 bridgehead atoms. The molecule has 0 aromatic carbocycles. The second-order valence-electron chi connectivity index (χ2n) is 6.78. The highest BCUT2D eigenvalue weighted by Gasteiger charge is 2.21. The van der Waals surface area contributed by atoms with Gasteiger partial charge in [0.1, 0.15) is 5.82 Å². The minimum Gasteiger partial charge on any atom is -0.461 e. The van der Waals surface area contributed by atoms with Gasteiger partial charge in [0.05, 0.1) is 17.0 Å². The average Bonchev–Trinajstić information content (AvgIpc) is 3.42. The van der Waals surface area contributed by atoms with Crippen molar-refractivity contribution in [3.8, 4) is 11.6 Å². The van der Waals surface area contributed by atoms with E-state index in [2.05, 4.69) is 35.2 Å². The van der Waals surface area contributed by atoms with Crippen LogP contribution in [0.3, 0.4) is 0 Å². The standard InChI is InChI=1S/C18H20N8OS/c1-12-20-13(11-28-12)10-24-4-6-25(7-5-24)15-9-16-21-17(14-3-2-8-27-14)23-26(16)18(19)22-15/h2-3,8-9,11H,4-7,10H2,1H3,(H2,19,22). The van der Waals surface area contributed by atoms with Crippen LogP contribution in [0.4, 0.5) is 11.8 Å². The van der Waals surface area contributed by atoms with Crippen molar-refractivity contribution in [3.05, 3.63) is 40.5 Å². The highest BCUT2D eigenvalue weighted by atomic mass is 32.1. The minimum absolute atomic E-state index is 0.318. The molecule has 0 unspecified atom stereocenters. The lowest BCUT2D eigenvalue weighted by molar-refractivity contribution is 0.247. The van der Waals surface area contributed by atoms with Crippen molar-refractivity contribution in [2.45, 2.75) is 13.5 Å². The van der Waals surface area contributed by atoms with E-state index in [9.17, 15) is 0 Å². The molecule has 1 fully saturated rings. The Bertz CT molecular complexity index is 1090. The smallest absolute Gasteiger partial charge is 0.225 e. The molecule has 10 heteroatoms. The van der Waals surface area contributed by atoms with Gasteiger partial charge in [-0.3, -0.25) is 4.90 Å². The summed E-state index contributed by atoms with van der Waals surface area (Å²) >= 11 is 1.70. The molecule has 28 heavy (non-hydrogen) atoms. The van der Waals surface area contributed by atoms with E-state index in [-0.39, 0.29) is 0 Å². The van der Waals surface area contributed by atoms with Crippen molar-refractivity contribution in [1.82, 2.24) is 29.5 Å². The van der Waals surface area contributed by atoms with Crippen LogP contribution >= 0.6 is 11.3 Å². The van der Waals surface area contributed by atoms with Crippen molar-refractivity contribution in [1.29, 1.82) is 0 Å². The number of hydrogen-bond donors (Lipinski definition) is 1. The van der Waals surface area contributed by atoms with Gasteiger partial charge in [-0.05, 0) is 19.1 Å². The molecule has 0 aliphatic carbocycles. The zero-order valence-electron chi connectivity index (χ0n) is 15.4. The van der Waals surface area contributed by atoms with Crippen LogP contribution in [0, 0.1) is 6.92 Å². The second kappa shape index (κ2) is 6.88. The number of piperazine rings is 1. The van der Waals surface area contributed by atoms with E-state index in [0.29, 0.717) is 23.2 Å². The Morgan fingerprint density at radius 3 is 2.75 bits per heavy atom. The molecule has 1 aliphatic heterocycles. The molecule has 2 N–H and O–H groups in total. The van der Waals surface area contributed by atoms with Crippen LogP contribution in [0.25, 0.3) is 17.2 Å². The Morgan fingerprint density at radius 1 is 1.18 bits per heavy atom. The summed E-state index contributed by atoms with van der Waals surface area (Å²) in [6, 6.07) is 5.55. The van der Waals surface area contributed by atoms with Gasteiger partial charge in [-0.15, -0.1) is 16.4 Å². The normalized spacial score (nSPS) is 15.5. The predicted molar refractivity (Wildman–Crippen MR) is 107 cm³/mol. The fraction of sp³-hybridized carbons (Fsp3) is 0.333. The maximum atomic E-state index is 6.14. The third-order valence-corrected chi connectivity index (χ3v) is 5.65. The molecule has 1 saturated heterocycles. The molecule has 5 rings (SSSR count). The number of aromatic nitrogens is 5. The number of nitrogen functional groups attached to an aromatic ring is 1. The second-order valence-corrected chi connectivity index (χ2v) is 7.84. The van der Waals surface area contributed by atoms with Crippen LogP contribution < -0.4 is 10.6 Å². The van der Waals surface area contributed by atoms with E-state index in [1.807, 2.05) is 19.1 Å². The zero-order chi connectivity index (χ0) is 19.1. The van der Waals surface area contributed by atoms with Gasteiger partial charge in [-0.2, -0.15) is 9.50 Å². The monoisotopic (exact) mass is 396 g/mol. The Balaban J connectivity index is 1.32. The molecule has 144 valence electrons. The summed E-state index contributed by atoms with van der Waals surface area (Å²) in [7, 11) is 0. The molecule has 0 radical (unpaired) electrons. The molecule has 4 aromatic heterocycles. The number of nitrogens with zero attached hydrogens (tertiary/aromatic N) is 7. The largest absolute Gasteiger partial charge is 0.461 e. The van der Waals surface area contributed by atoms with Gasteiger partial charge >= 0.3 is 0 Å². The number of aryl methyl sites for hydroxylation is 1. The van der Waals surface area contributed by atoms with E-state index < -0.39 is 0 Å². The zero-order valence-corrected chi connectivity index (χ0v) is 16.3. The quantitative estimate of drug-likeness (QED) is 0.559. The molecular formula is C18H20N8OS. The van der Waals surface area contributed by atoms with Crippen LogP contribution in [-0.4, -0.2) is 55.6 Å². The van der Waals surface area contributed by atoms with Crippen molar-refractivity contribution in [2.75, 3.05) is 36.8 Å². The highest BCUT2D eigenvalue weighted by molar-refractivity contribution is 7.09. The molecular weight excluding hydrogens is 376 g/mol. The van der Waals surface area contributed by atoms with Crippen molar-refractivity contribution >= 4 is 28.8 Å². The summed E-state index contributed by atoms with van der Waals surface area (Å²) in [6.45, 7) is 6.60. The minimum atomic E-state index is 0.318. The first-order valence-corrected chi connectivity index (χ1v) is 9.99. The lowest BCUT2D eigenvalue weighted by Gasteiger charge is -2.35. The topological polar surface area (TPSA) is 102 Å². The van der Waals surface area contributed by atoms with Crippen LogP contribution in [0.1, 0.15) is 10.7 Å². The lowest BCUT2D eigenvalue weighted by Crippen LogP contribution is -2.46. The van der Waals surface area contributed by atoms with Crippen molar-refractivity contribution in [3.63, 3.8) is 0 Å². The lowest BCUT2D eigenvalue weighted by atomic mass is 10.3. The van der Waals surface area contributed by atoms with Crippen molar-refractivity contribution < 1.29 is 4.42 Å². The fourth-order valence-corrected chi connectivity index (χ4v) is 4.02. The number of furan rings is 1. The van der Waals surface area contributed by atoms with Crippen LogP contribution in [0.15, 0.2) is 34.3 Å². The van der Waals surface area contributed by atoms with Gasteiger partial charge in [0.25, 0.3) is 0 Å². The molecule has 0 saturated carbocycles. The first-order valence-electron chi connectivity index (χ1n) is 9.11. The first-order chi connectivity index (χ1) is 13.7. The summed E-state index contributed by atoms with van der Waals surface area (Å²) < 4.78 is 6.92. The molecule has 4 aromatic rings. The summed E-state index contributed by atoms with van der Waals surface area (Å²) in [4.78, 5) is 18.3. The van der Waals surface area contributed by atoms with Gasteiger partial charge in [0.15, 0.2) is 11.4 Å². The predicted octanol–water partition coefficient (Wildman–Crippen LogP) is 2.05. The maximum Gasteiger partial charge on any atom is 0.225 e. The van der Waals surface area contributed by atoms with E-state index in [1.165, 1.54) is 0 Å². The first kappa shape index (κ1) is 17.1. The number of nitrogens with two attached hydrogens (primary N) is 1. The number of thiazole rings is 1. The van der Waals surface area contributed by atoms with Crippen LogP contribution in [0.5, 0.6) is 0 Å². The molecule has 0 atom stereocenters.